The molecule has 0 saturated heterocycles. The largest absolute Gasteiger partial charge is 0.494 e. The molecule has 2 aromatic heterocycles. The van der Waals surface area contributed by atoms with Crippen LogP contribution in [-0.4, -0.2) is 38.0 Å². The molecule has 0 bridgehead atoms. The normalized spacial score (nSPS) is 11.1. The van der Waals surface area contributed by atoms with E-state index in [9.17, 15) is 9.59 Å². The first-order valence-corrected chi connectivity index (χ1v) is 12.3. The molecule has 212 valence electrons. The number of rotatable bonds is 10. The van der Waals surface area contributed by atoms with Crippen LogP contribution in [0.4, 0.5) is 11.9 Å². The second-order valence-corrected chi connectivity index (χ2v) is 9.02. The first kappa shape index (κ1) is 29.0. The fourth-order valence-electron chi connectivity index (χ4n) is 4.51. The number of nitrogens with zero attached hydrogens (tertiary/aromatic N) is 4. The standard InChI is InChI=1S/C28H28N8O4.BrH/c1-39-21-13-17(25(29)37)11-19-23(21)35(27(31)33-19)9-5-6-10-36-24-20(34-28(36)32)12-18(26(30)38)14-22(24)40-15-16-7-3-2-4-8-16;/h2-8,11-14H,9-10,15H2,1H3,(H2,29,37)(H2,30,38)(H2,31,33)(H2,32,34);1H/b6-5+;. The summed E-state index contributed by atoms with van der Waals surface area (Å²) in [7, 11) is 1.50. The smallest absolute Gasteiger partial charge is 0.248 e. The Morgan fingerprint density at radius 3 is 1.78 bits per heavy atom. The summed E-state index contributed by atoms with van der Waals surface area (Å²) in [6.45, 7) is 1.01. The number of allylic oxidation sites excluding steroid dienone is 2. The van der Waals surface area contributed by atoms with Crippen LogP contribution in [0, 0.1) is 0 Å². The van der Waals surface area contributed by atoms with E-state index in [0.717, 1.165) is 5.56 Å². The molecule has 8 N–H and O–H groups in total. The number of fused-ring (bicyclic) bond motifs is 2. The SMILES string of the molecule is Br.COc1cc(C(N)=O)cc2nc(N)n(C/C=C/Cn3c(N)nc4cc(C(N)=O)cc(OCc5ccccc5)c43)c12. The molecule has 0 atom stereocenters. The molecular formula is C28H29BrN8O4. The lowest BCUT2D eigenvalue weighted by Gasteiger charge is -2.12. The molecule has 0 spiro atoms. The minimum Gasteiger partial charge on any atom is -0.494 e. The first-order chi connectivity index (χ1) is 19.3. The number of ether oxygens (including phenoxy) is 2. The van der Waals surface area contributed by atoms with Crippen molar-refractivity contribution in [2.75, 3.05) is 18.6 Å². The van der Waals surface area contributed by atoms with Gasteiger partial charge in [0.25, 0.3) is 0 Å². The van der Waals surface area contributed by atoms with Crippen LogP contribution in [0.25, 0.3) is 22.1 Å². The van der Waals surface area contributed by atoms with Crippen molar-refractivity contribution in [3.63, 3.8) is 0 Å². The molecule has 0 aliphatic carbocycles. The number of amides is 2. The van der Waals surface area contributed by atoms with Crippen molar-refractivity contribution in [3.05, 3.63) is 83.4 Å². The lowest BCUT2D eigenvalue weighted by molar-refractivity contribution is 0.0991. The summed E-state index contributed by atoms with van der Waals surface area (Å²) in [5.74, 6) is 0.185. The first-order valence-electron chi connectivity index (χ1n) is 12.3. The van der Waals surface area contributed by atoms with E-state index in [1.165, 1.54) is 7.11 Å². The molecule has 0 saturated carbocycles. The third-order valence-corrected chi connectivity index (χ3v) is 6.44. The Labute approximate surface area is 245 Å². The van der Waals surface area contributed by atoms with Crippen molar-refractivity contribution in [2.24, 2.45) is 11.5 Å². The third-order valence-electron chi connectivity index (χ3n) is 6.44. The number of primary amides is 2. The number of carbonyl (C=O) groups is 2. The number of hydrogen-bond donors (Lipinski definition) is 4. The van der Waals surface area contributed by atoms with Crippen molar-refractivity contribution in [3.8, 4) is 11.5 Å². The summed E-state index contributed by atoms with van der Waals surface area (Å²) >= 11 is 0. The molecule has 13 heteroatoms. The summed E-state index contributed by atoms with van der Waals surface area (Å²) < 4.78 is 15.1. The van der Waals surface area contributed by atoms with Gasteiger partial charge in [0.1, 0.15) is 29.1 Å². The van der Waals surface area contributed by atoms with Gasteiger partial charge in [0.15, 0.2) is 0 Å². The van der Waals surface area contributed by atoms with Gasteiger partial charge in [-0.2, -0.15) is 0 Å². The Bertz CT molecular complexity index is 1780. The van der Waals surface area contributed by atoms with Crippen LogP contribution in [0.1, 0.15) is 26.3 Å². The highest BCUT2D eigenvalue weighted by Gasteiger charge is 2.18. The van der Waals surface area contributed by atoms with Crippen LogP contribution in [0.15, 0.2) is 66.7 Å². The van der Waals surface area contributed by atoms with Gasteiger partial charge in [-0.1, -0.05) is 42.5 Å². The van der Waals surface area contributed by atoms with Gasteiger partial charge in [0.05, 0.1) is 18.1 Å². The molecule has 41 heavy (non-hydrogen) atoms. The maximum Gasteiger partial charge on any atom is 0.248 e. The van der Waals surface area contributed by atoms with Crippen LogP contribution < -0.4 is 32.4 Å². The van der Waals surface area contributed by atoms with E-state index in [-0.39, 0.29) is 46.6 Å². The van der Waals surface area contributed by atoms with Crippen LogP contribution in [0.3, 0.4) is 0 Å². The van der Waals surface area contributed by atoms with Crippen LogP contribution >= 0.6 is 17.0 Å². The fraction of sp³-hybridized carbons (Fsp3) is 0.143. The molecule has 2 heterocycles. The van der Waals surface area contributed by atoms with E-state index in [0.29, 0.717) is 46.7 Å². The van der Waals surface area contributed by atoms with Gasteiger partial charge >= 0.3 is 0 Å². The highest BCUT2D eigenvalue weighted by atomic mass is 79.9. The fourth-order valence-corrected chi connectivity index (χ4v) is 4.51. The predicted molar refractivity (Wildman–Crippen MR) is 162 cm³/mol. The zero-order valence-electron chi connectivity index (χ0n) is 22.1. The molecule has 0 aliphatic rings. The predicted octanol–water partition coefficient (Wildman–Crippen LogP) is 3.17. The van der Waals surface area contributed by atoms with Gasteiger partial charge in [-0.05, 0) is 29.8 Å². The van der Waals surface area contributed by atoms with E-state index in [1.54, 1.807) is 33.4 Å². The van der Waals surface area contributed by atoms with E-state index in [4.69, 9.17) is 32.4 Å². The van der Waals surface area contributed by atoms with Crippen molar-refractivity contribution in [1.82, 2.24) is 19.1 Å². The van der Waals surface area contributed by atoms with Crippen LogP contribution in [0.2, 0.25) is 0 Å². The number of benzene rings is 3. The zero-order chi connectivity index (χ0) is 28.4. The number of carbonyl (C=O) groups excluding carboxylic acids is 2. The second kappa shape index (κ2) is 12.0. The minimum absolute atomic E-state index is 0. The number of nitrogen functional groups attached to an aromatic ring is 2. The van der Waals surface area contributed by atoms with Gasteiger partial charge in [0, 0.05) is 24.2 Å². The molecule has 12 nitrogen and oxygen atoms in total. The van der Waals surface area contributed by atoms with E-state index in [1.807, 2.05) is 42.5 Å². The van der Waals surface area contributed by atoms with Gasteiger partial charge in [-0.25, -0.2) is 9.97 Å². The average molecular weight is 621 g/mol. The second-order valence-electron chi connectivity index (χ2n) is 9.02. The van der Waals surface area contributed by atoms with Gasteiger partial charge in [-0.15, -0.1) is 17.0 Å². The minimum atomic E-state index is -0.594. The molecule has 0 fully saturated rings. The summed E-state index contributed by atoms with van der Waals surface area (Å²) in [6, 6.07) is 16.0. The zero-order valence-corrected chi connectivity index (χ0v) is 23.8. The molecule has 0 aliphatic heterocycles. The van der Waals surface area contributed by atoms with Crippen molar-refractivity contribution < 1.29 is 19.1 Å². The lowest BCUT2D eigenvalue weighted by Crippen LogP contribution is -2.11. The summed E-state index contributed by atoms with van der Waals surface area (Å²) in [6.07, 6.45) is 3.79. The Hall–Kier alpha value is -5.04. The van der Waals surface area contributed by atoms with Crippen LogP contribution in [0.5, 0.6) is 11.5 Å². The maximum atomic E-state index is 11.9. The Morgan fingerprint density at radius 2 is 1.29 bits per heavy atom. The lowest BCUT2D eigenvalue weighted by atomic mass is 10.1. The highest BCUT2D eigenvalue weighted by Crippen LogP contribution is 2.31. The Balaban J connectivity index is 0.00000387. The number of hydrogen-bond acceptors (Lipinski definition) is 8. The van der Waals surface area contributed by atoms with E-state index in [2.05, 4.69) is 9.97 Å². The van der Waals surface area contributed by atoms with E-state index >= 15 is 0 Å². The molecule has 0 radical (unpaired) electrons. The van der Waals surface area contributed by atoms with Crippen molar-refractivity contribution >= 4 is 62.8 Å². The number of nitrogens with two attached hydrogens (primary N) is 4. The Morgan fingerprint density at radius 1 is 0.805 bits per heavy atom. The van der Waals surface area contributed by atoms with Crippen molar-refractivity contribution in [2.45, 2.75) is 19.7 Å². The third kappa shape index (κ3) is 5.79. The molecule has 3 aromatic carbocycles. The molecule has 5 aromatic rings. The Kier molecular flexibility index (Phi) is 8.48. The van der Waals surface area contributed by atoms with Gasteiger partial charge < -0.3 is 41.5 Å². The average Bonchev–Trinajstić information content (AvgIpc) is 3.44. The summed E-state index contributed by atoms with van der Waals surface area (Å²) in [4.78, 5) is 32.4. The number of anilines is 2. The number of aromatic nitrogens is 4. The summed E-state index contributed by atoms with van der Waals surface area (Å²) in [5, 5.41) is 0. The van der Waals surface area contributed by atoms with E-state index < -0.39 is 11.8 Å². The van der Waals surface area contributed by atoms with Crippen LogP contribution in [-0.2, 0) is 19.7 Å². The quantitative estimate of drug-likeness (QED) is 0.171. The monoisotopic (exact) mass is 620 g/mol. The van der Waals surface area contributed by atoms with Gasteiger partial charge in [-0.3, -0.25) is 9.59 Å². The number of imidazole rings is 2. The number of methoxy groups -OCH3 is 1. The van der Waals surface area contributed by atoms with Crippen molar-refractivity contribution in [1.29, 1.82) is 0 Å². The molecule has 0 unspecified atom stereocenters. The highest BCUT2D eigenvalue weighted by molar-refractivity contribution is 8.93. The number of halogens is 1. The molecular weight excluding hydrogens is 592 g/mol. The molecule has 2 amide bonds. The topological polar surface area (TPSA) is 192 Å². The molecule has 5 rings (SSSR count). The maximum absolute atomic E-state index is 11.9. The van der Waals surface area contributed by atoms with Gasteiger partial charge in [0.2, 0.25) is 23.7 Å². The summed E-state index contributed by atoms with van der Waals surface area (Å²) in [5.41, 5.74) is 27.2.